The van der Waals surface area contributed by atoms with Crippen LogP contribution < -0.4 is 10.6 Å². The summed E-state index contributed by atoms with van der Waals surface area (Å²) in [7, 11) is 0. The number of nitrogens with zero attached hydrogens (tertiary/aromatic N) is 3. The summed E-state index contributed by atoms with van der Waals surface area (Å²) in [5, 5.41) is 16.9. The molecule has 1 saturated carbocycles. The predicted octanol–water partition coefficient (Wildman–Crippen LogP) is 1.78. The first kappa shape index (κ1) is 11.6. The molecule has 0 spiro atoms. The van der Waals surface area contributed by atoms with E-state index in [0.717, 1.165) is 19.3 Å². The Hall–Kier alpha value is -1.92. The third-order valence-electron chi connectivity index (χ3n) is 2.75. The van der Waals surface area contributed by atoms with Gasteiger partial charge in [0, 0.05) is 12.6 Å². The highest BCUT2D eigenvalue weighted by Crippen LogP contribution is 2.28. The van der Waals surface area contributed by atoms with Crippen molar-refractivity contribution in [2.45, 2.75) is 32.2 Å². The van der Waals surface area contributed by atoms with E-state index in [1.54, 1.807) is 0 Å². The van der Waals surface area contributed by atoms with Gasteiger partial charge in [-0.1, -0.05) is 0 Å². The third-order valence-corrected chi connectivity index (χ3v) is 2.75. The lowest BCUT2D eigenvalue weighted by atomic mass is 9.93. The molecule has 1 aliphatic rings. The van der Waals surface area contributed by atoms with Crippen LogP contribution in [-0.4, -0.2) is 27.5 Å². The zero-order valence-corrected chi connectivity index (χ0v) is 9.64. The second kappa shape index (κ2) is 4.94. The molecule has 1 aliphatic carbocycles. The van der Waals surface area contributed by atoms with Crippen molar-refractivity contribution < 1.29 is 4.92 Å². The zero-order chi connectivity index (χ0) is 12.3. The number of aromatic nitrogens is 2. The molecule has 2 rings (SSSR count). The van der Waals surface area contributed by atoms with E-state index in [4.69, 9.17) is 0 Å². The molecule has 0 radical (unpaired) electrons. The second-order valence-corrected chi connectivity index (χ2v) is 3.99. The lowest BCUT2D eigenvalue weighted by molar-refractivity contribution is -0.384. The minimum Gasteiger partial charge on any atom is -0.361 e. The first-order chi connectivity index (χ1) is 8.20. The van der Waals surface area contributed by atoms with Gasteiger partial charge >= 0.3 is 5.69 Å². The maximum absolute atomic E-state index is 10.8. The van der Waals surface area contributed by atoms with Crippen molar-refractivity contribution in [3.8, 4) is 0 Å². The molecule has 1 aromatic rings. The van der Waals surface area contributed by atoms with E-state index in [-0.39, 0.29) is 5.69 Å². The number of hydrogen-bond acceptors (Lipinski definition) is 6. The largest absolute Gasteiger partial charge is 0.361 e. The SMILES string of the molecule is CCNc1ncc([N+](=O)[O-])c(NC2CCC2)n1. The first-order valence-corrected chi connectivity index (χ1v) is 5.72. The van der Waals surface area contributed by atoms with Gasteiger partial charge in [-0.15, -0.1) is 0 Å². The highest BCUT2D eigenvalue weighted by Gasteiger charge is 2.23. The number of rotatable bonds is 5. The molecule has 92 valence electrons. The predicted molar refractivity (Wildman–Crippen MR) is 64.1 cm³/mol. The molecule has 0 bridgehead atoms. The van der Waals surface area contributed by atoms with Crippen LogP contribution in [0.15, 0.2) is 6.20 Å². The Morgan fingerprint density at radius 1 is 1.59 bits per heavy atom. The molecule has 0 aromatic carbocycles. The number of hydrogen-bond donors (Lipinski definition) is 2. The highest BCUT2D eigenvalue weighted by atomic mass is 16.6. The van der Waals surface area contributed by atoms with Gasteiger partial charge in [-0.05, 0) is 26.2 Å². The maximum Gasteiger partial charge on any atom is 0.329 e. The van der Waals surface area contributed by atoms with Crippen LogP contribution in [0.2, 0.25) is 0 Å². The smallest absolute Gasteiger partial charge is 0.329 e. The van der Waals surface area contributed by atoms with E-state index >= 15 is 0 Å². The van der Waals surface area contributed by atoms with E-state index in [0.29, 0.717) is 24.4 Å². The molecule has 2 N–H and O–H groups in total. The summed E-state index contributed by atoms with van der Waals surface area (Å²) in [4.78, 5) is 18.4. The van der Waals surface area contributed by atoms with Gasteiger partial charge in [0.25, 0.3) is 0 Å². The minimum atomic E-state index is -0.462. The summed E-state index contributed by atoms with van der Waals surface area (Å²) in [5.74, 6) is 0.727. The van der Waals surface area contributed by atoms with Crippen molar-refractivity contribution in [1.29, 1.82) is 0 Å². The van der Waals surface area contributed by atoms with Crippen molar-refractivity contribution >= 4 is 17.5 Å². The quantitative estimate of drug-likeness (QED) is 0.599. The van der Waals surface area contributed by atoms with Crippen molar-refractivity contribution in [3.05, 3.63) is 16.3 Å². The Balaban J connectivity index is 2.22. The molecule has 17 heavy (non-hydrogen) atoms. The molecular weight excluding hydrogens is 222 g/mol. The summed E-state index contributed by atoms with van der Waals surface area (Å²) in [6, 6.07) is 0.304. The molecule has 1 aromatic heterocycles. The van der Waals surface area contributed by atoms with Gasteiger partial charge in [0.1, 0.15) is 6.20 Å². The van der Waals surface area contributed by atoms with Gasteiger partial charge in [0.15, 0.2) is 0 Å². The fourth-order valence-corrected chi connectivity index (χ4v) is 1.60. The summed E-state index contributed by atoms with van der Waals surface area (Å²) in [6.45, 7) is 2.60. The summed E-state index contributed by atoms with van der Waals surface area (Å²) < 4.78 is 0. The van der Waals surface area contributed by atoms with Crippen LogP contribution in [0.4, 0.5) is 17.5 Å². The summed E-state index contributed by atoms with van der Waals surface area (Å²) in [6.07, 6.45) is 4.48. The van der Waals surface area contributed by atoms with Crippen LogP contribution in [0, 0.1) is 10.1 Å². The van der Waals surface area contributed by atoms with Crippen molar-refractivity contribution in [1.82, 2.24) is 9.97 Å². The Morgan fingerprint density at radius 3 is 2.88 bits per heavy atom. The topological polar surface area (TPSA) is 93.0 Å². The van der Waals surface area contributed by atoms with Crippen LogP contribution >= 0.6 is 0 Å². The summed E-state index contributed by atoms with van der Waals surface area (Å²) >= 11 is 0. The molecular formula is C10H15N5O2. The van der Waals surface area contributed by atoms with Gasteiger partial charge in [-0.25, -0.2) is 4.98 Å². The van der Waals surface area contributed by atoms with Gasteiger partial charge in [0.05, 0.1) is 4.92 Å². The van der Waals surface area contributed by atoms with E-state index in [1.165, 1.54) is 6.20 Å². The fourth-order valence-electron chi connectivity index (χ4n) is 1.60. The van der Waals surface area contributed by atoms with E-state index in [2.05, 4.69) is 20.6 Å². The average molecular weight is 237 g/mol. The number of nitrogens with one attached hydrogen (secondary N) is 2. The van der Waals surface area contributed by atoms with Crippen molar-refractivity contribution in [2.75, 3.05) is 17.2 Å². The monoisotopic (exact) mass is 237 g/mol. The standard InChI is InChI=1S/C10H15N5O2/c1-2-11-10-12-6-8(15(16)17)9(14-10)13-7-4-3-5-7/h6-7H,2-5H2,1H3,(H2,11,12,13,14). The number of anilines is 2. The molecule has 0 amide bonds. The second-order valence-electron chi connectivity index (χ2n) is 3.99. The van der Waals surface area contributed by atoms with E-state index < -0.39 is 4.92 Å². The molecule has 0 unspecified atom stereocenters. The van der Waals surface area contributed by atoms with Gasteiger partial charge < -0.3 is 10.6 Å². The van der Waals surface area contributed by atoms with Gasteiger partial charge in [0.2, 0.25) is 11.8 Å². The lowest BCUT2D eigenvalue weighted by Crippen LogP contribution is -2.28. The lowest BCUT2D eigenvalue weighted by Gasteiger charge is -2.26. The van der Waals surface area contributed by atoms with Gasteiger partial charge in [-0.3, -0.25) is 10.1 Å². The molecule has 1 fully saturated rings. The van der Waals surface area contributed by atoms with Crippen molar-refractivity contribution in [3.63, 3.8) is 0 Å². The molecule has 0 atom stereocenters. The van der Waals surface area contributed by atoms with Crippen LogP contribution in [0.3, 0.4) is 0 Å². The first-order valence-electron chi connectivity index (χ1n) is 5.72. The Morgan fingerprint density at radius 2 is 2.35 bits per heavy atom. The molecule has 0 saturated heterocycles. The summed E-state index contributed by atoms with van der Waals surface area (Å²) in [5.41, 5.74) is -0.0708. The normalized spacial score (nSPS) is 15.1. The molecule has 1 heterocycles. The average Bonchev–Trinajstić information content (AvgIpc) is 2.24. The molecule has 7 nitrogen and oxygen atoms in total. The number of nitro groups is 1. The van der Waals surface area contributed by atoms with Gasteiger partial charge in [-0.2, -0.15) is 4.98 Å². The maximum atomic E-state index is 10.8. The van der Waals surface area contributed by atoms with Crippen LogP contribution in [0.5, 0.6) is 0 Å². The van der Waals surface area contributed by atoms with Crippen LogP contribution in [-0.2, 0) is 0 Å². The molecule has 7 heteroatoms. The zero-order valence-electron chi connectivity index (χ0n) is 9.64. The fraction of sp³-hybridized carbons (Fsp3) is 0.600. The van der Waals surface area contributed by atoms with E-state index in [1.807, 2.05) is 6.92 Å². The Bertz CT molecular complexity index is 419. The van der Waals surface area contributed by atoms with Crippen LogP contribution in [0.25, 0.3) is 0 Å². The van der Waals surface area contributed by atoms with Crippen molar-refractivity contribution in [2.24, 2.45) is 0 Å². The minimum absolute atomic E-state index is 0.0708. The van der Waals surface area contributed by atoms with E-state index in [9.17, 15) is 10.1 Å². The third kappa shape index (κ3) is 2.61. The Labute approximate surface area is 98.8 Å². The van der Waals surface area contributed by atoms with Crippen LogP contribution in [0.1, 0.15) is 26.2 Å². The Kier molecular flexibility index (Phi) is 3.36. The highest BCUT2D eigenvalue weighted by molar-refractivity contribution is 5.57. The molecule has 0 aliphatic heterocycles.